The summed E-state index contributed by atoms with van der Waals surface area (Å²) in [5, 5.41) is -12.5. The van der Waals surface area contributed by atoms with Crippen LogP contribution in [0.2, 0.25) is 0 Å². The number of nitrogens with one attached hydrogen (secondary N) is 1. The van der Waals surface area contributed by atoms with E-state index in [0.29, 0.717) is 0 Å². The molecule has 1 N–H and O–H groups in total. The van der Waals surface area contributed by atoms with E-state index in [1.165, 1.54) is 0 Å². The van der Waals surface area contributed by atoms with Crippen molar-refractivity contribution in [1.29, 1.82) is 0 Å². The Hall–Kier alpha value is -0.560. The normalized spacial score (nSPS) is 33.1. The predicted molar refractivity (Wildman–Crippen MR) is 35.8 cm³/mol. The molecule has 0 aliphatic carbocycles. The Bertz CT molecular complexity index is 474. The fourth-order valence-corrected chi connectivity index (χ4v) is 3.74. The van der Waals surface area contributed by atoms with E-state index in [1.807, 2.05) is 0 Å². The van der Waals surface area contributed by atoms with Gasteiger partial charge in [-0.05, 0) is 0 Å². The molecule has 5 nitrogen and oxygen atoms in total. The van der Waals surface area contributed by atoms with E-state index in [0.717, 1.165) is 0 Å². The van der Waals surface area contributed by atoms with Crippen molar-refractivity contribution in [1.82, 2.24) is 4.13 Å². The molecule has 1 aliphatic rings. The van der Waals surface area contributed by atoms with Crippen molar-refractivity contribution in [2.24, 2.45) is 0 Å². The molecule has 16 heavy (non-hydrogen) atoms. The molecular formula is C3HF6NO4S2. The van der Waals surface area contributed by atoms with Gasteiger partial charge in [0.05, 0.1) is 0 Å². The maximum Gasteiger partial charge on any atom is 0.429 e. The van der Waals surface area contributed by atoms with Crippen LogP contribution in [0.4, 0.5) is 26.3 Å². The third kappa shape index (κ3) is 1.21. The topological polar surface area (TPSA) is 80.3 Å². The van der Waals surface area contributed by atoms with E-state index in [9.17, 15) is 43.2 Å². The molecule has 0 saturated carbocycles. The number of hydrogen-bond donors (Lipinski definition) is 1. The fourth-order valence-electron chi connectivity index (χ4n) is 0.756. The summed E-state index contributed by atoms with van der Waals surface area (Å²) in [6.45, 7) is 0. The number of hydrogen-bond acceptors (Lipinski definition) is 4. The maximum atomic E-state index is 12.5. The fraction of sp³-hybridized carbons (Fsp3) is 1.00. The van der Waals surface area contributed by atoms with Crippen LogP contribution in [-0.4, -0.2) is 33.3 Å². The molecule has 0 aromatic heterocycles. The average Bonchev–Trinajstić information content (AvgIpc) is 1.98. The van der Waals surface area contributed by atoms with Gasteiger partial charge in [0.15, 0.2) is 0 Å². The minimum absolute atomic E-state index is 0.167. The highest BCUT2D eigenvalue weighted by Crippen LogP contribution is 2.53. The van der Waals surface area contributed by atoms with Gasteiger partial charge >= 0.3 is 16.4 Å². The summed E-state index contributed by atoms with van der Waals surface area (Å²) in [6, 6.07) is 0. The lowest BCUT2D eigenvalue weighted by Gasteiger charge is -2.35. The van der Waals surface area contributed by atoms with E-state index in [-0.39, 0.29) is 4.13 Å². The third-order valence-electron chi connectivity index (χ3n) is 1.63. The Kier molecular flexibility index (Phi) is 2.38. The largest absolute Gasteiger partial charge is 0.429 e. The van der Waals surface area contributed by atoms with Crippen LogP contribution in [0, 0.1) is 0 Å². The third-order valence-corrected chi connectivity index (χ3v) is 5.24. The van der Waals surface area contributed by atoms with Gasteiger partial charge in [-0.15, -0.1) is 0 Å². The van der Waals surface area contributed by atoms with Crippen LogP contribution in [0.1, 0.15) is 0 Å². The van der Waals surface area contributed by atoms with E-state index >= 15 is 0 Å². The van der Waals surface area contributed by atoms with Gasteiger partial charge in [-0.2, -0.15) is 26.3 Å². The van der Waals surface area contributed by atoms with Gasteiger partial charge < -0.3 is 0 Å². The molecule has 1 aliphatic heterocycles. The zero-order valence-corrected chi connectivity index (χ0v) is 8.35. The molecule has 0 aromatic rings. The Labute approximate surface area is 84.5 Å². The van der Waals surface area contributed by atoms with Gasteiger partial charge in [0.1, 0.15) is 0 Å². The van der Waals surface area contributed by atoms with Gasteiger partial charge in [-0.1, -0.05) is 4.13 Å². The van der Waals surface area contributed by atoms with E-state index in [2.05, 4.69) is 0 Å². The molecule has 0 aromatic carbocycles. The van der Waals surface area contributed by atoms with Crippen LogP contribution < -0.4 is 4.13 Å². The second-order valence-corrected chi connectivity index (χ2v) is 6.40. The monoisotopic (exact) mass is 293 g/mol. The highest BCUT2D eigenvalue weighted by Gasteiger charge is 2.86. The van der Waals surface area contributed by atoms with Gasteiger partial charge in [0, 0.05) is 0 Å². The van der Waals surface area contributed by atoms with Crippen LogP contribution >= 0.6 is 0 Å². The Morgan fingerprint density at radius 2 is 0.938 bits per heavy atom. The van der Waals surface area contributed by atoms with Crippen LogP contribution in [0.25, 0.3) is 0 Å². The first kappa shape index (κ1) is 13.5. The van der Waals surface area contributed by atoms with Gasteiger partial charge in [0.25, 0.3) is 20.0 Å². The standard InChI is InChI=1S/C3HF6NO4S2/c4-1(5)2(6,7)15(11,12)10-16(13,14)3(1,8)9/h10H. The molecule has 0 spiro atoms. The van der Waals surface area contributed by atoms with Gasteiger partial charge in [0.2, 0.25) is 0 Å². The summed E-state index contributed by atoms with van der Waals surface area (Å²) in [7, 11) is -12.9. The van der Waals surface area contributed by atoms with Crippen molar-refractivity contribution in [3.8, 4) is 0 Å². The summed E-state index contributed by atoms with van der Waals surface area (Å²) >= 11 is 0. The second kappa shape index (κ2) is 2.81. The summed E-state index contributed by atoms with van der Waals surface area (Å²) in [6.07, 6.45) is 0. The molecule has 0 atom stereocenters. The number of halogens is 6. The van der Waals surface area contributed by atoms with Crippen molar-refractivity contribution >= 4 is 20.0 Å². The molecule has 0 amide bonds. The maximum absolute atomic E-state index is 12.5. The van der Waals surface area contributed by atoms with Crippen LogP contribution in [-0.2, 0) is 20.0 Å². The summed E-state index contributed by atoms with van der Waals surface area (Å²) < 4.78 is 116. The SMILES string of the molecule is O=S1(=O)NS(=O)(=O)C(F)(F)C(F)(F)C1(F)F. The first-order chi connectivity index (χ1) is 6.71. The van der Waals surface area contributed by atoms with Crippen LogP contribution in [0.15, 0.2) is 0 Å². The van der Waals surface area contributed by atoms with Crippen LogP contribution in [0.3, 0.4) is 0 Å². The average molecular weight is 293 g/mol. The van der Waals surface area contributed by atoms with Gasteiger partial charge in [-0.3, -0.25) is 0 Å². The van der Waals surface area contributed by atoms with E-state index in [4.69, 9.17) is 0 Å². The smallest absolute Gasteiger partial charge is 0.205 e. The molecular weight excluding hydrogens is 292 g/mol. The van der Waals surface area contributed by atoms with Gasteiger partial charge in [-0.25, -0.2) is 16.8 Å². The second-order valence-electron chi connectivity index (χ2n) is 2.70. The molecule has 0 radical (unpaired) electrons. The number of sulfonamides is 2. The predicted octanol–water partition coefficient (Wildman–Crippen LogP) is 0.0701. The van der Waals surface area contributed by atoms with E-state index < -0.39 is 36.5 Å². The first-order valence-electron chi connectivity index (χ1n) is 3.12. The van der Waals surface area contributed by atoms with Crippen molar-refractivity contribution in [2.75, 3.05) is 0 Å². The molecule has 96 valence electrons. The molecule has 0 bridgehead atoms. The molecule has 1 heterocycles. The van der Waals surface area contributed by atoms with Crippen molar-refractivity contribution in [2.45, 2.75) is 16.4 Å². The number of rotatable bonds is 0. The molecule has 0 unspecified atom stereocenters. The Morgan fingerprint density at radius 1 is 0.688 bits per heavy atom. The Morgan fingerprint density at radius 3 is 1.19 bits per heavy atom. The zero-order chi connectivity index (χ0) is 13.2. The quantitative estimate of drug-likeness (QED) is 0.641. The Balaban J connectivity index is 3.70. The minimum atomic E-state index is -6.57. The lowest BCUT2D eigenvalue weighted by atomic mass is 10.3. The van der Waals surface area contributed by atoms with Crippen LogP contribution in [0.5, 0.6) is 0 Å². The molecule has 1 saturated heterocycles. The highest BCUT2D eigenvalue weighted by atomic mass is 32.3. The summed E-state index contributed by atoms with van der Waals surface area (Å²) in [5.41, 5.74) is 0. The molecule has 1 fully saturated rings. The highest BCUT2D eigenvalue weighted by molar-refractivity contribution is 8.06. The lowest BCUT2D eigenvalue weighted by molar-refractivity contribution is -0.246. The summed E-state index contributed by atoms with van der Waals surface area (Å²) in [5.74, 6) is -6.57. The number of alkyl halides is 6. The van der Waals surface area contributed by atoms with Crippen molar-refractivity contribution in [3.05, 3.63) is 0 Å². The molecule has 1 rings (SSSR count). The molecule has 13 heteroatoms. The summed E-state index contributed by atoms with van der Waals surface area (Å²) in [4.78, 5) is 0. The van der Waals surface area contributed by atoms with Crippen molar-refractivity contribution in [3.63, 3.8) is 0 Å². The first-order valence-corrected chi connectivity index (χ1v) is 6.08. The minimum Gasteiger partial charge on any atom is -0.205 e. The van der Waals surface area contributed by atoms with E-state index in [1.54, 1.807) is 0 Å². The zero-order valence-electron chi connectivity index (χ0n) is 6.72. The lowest BCUT2D eigenvalue weighted by Crippen LogP contribution is -2.70. The van der Waals surface area contributed by atoms with Crippen molar-refractivity contribution < 1.29 is 43.2 Å².